The molecule has 154 valence electrons. The topological polar surface area (TPSA) is 117 Å². The molecule has 0 aliphatic heterocycles. The molecule has 0 bridgehead atoms. The lowest BCUT2D eigenvalue weighted by Gasteiger charge is -2.13. The fourth-order valence-corrected chi connectivity index (χ4v) is 2.77. The first-order chi connectivity index (χ1) is 13.8. The largest absolute Gasteiger partial charge is 0.454 e. The van der Waals surface area contributed by atoms with Gasteiger partial charge in [-0.3, -0.25) is 19.2 Å². The number of amides is 3. The highest BCUT2D eigenvalue weighted by molar-refractivity contribution is 7.12. The standard InChI is InChI=1S/C19H22N4O5S/c1-23(2)14-7-5-13(6-8-14)22-17(25)12-28-18(26)11-20-16(24)10-21-19(27)15-4-3-9-29-15/h3-9H,10-12H2,1-2H3,(H,20,24)(H,21,27)(H,22,25). The van der Waals surface area contributed by atoms with Crippen molar-refractivity contribution in [3.63, 3.8) is 0 Å². The maximum Gasteiger partial charge on any atom is 0.325 e. The summed E-state index contributed by atoms with van der Waals surface area (Å²) < 4.78 is 4.81. The first-order valence-electron chi connectivity index (χ1n) is 8.66. The molecule has 10 heteroatoms. The predicted molar refractivity (Wildman–Crippen MR) is 110 cm³/mol. The molecule has 0 atom stereocenters. The Hall–Kier alpha value is -3.40. The molecule has 3 amide bonds. The van der Waals surface area contributed by atoms with Crippen molar-refractivity contribution in [3.05, 3.63) is 46.7 Å². The number of nitrogens with zero attached hydrogens (tertiary/aromatic N) is 1. The molecule has 0 saturated heterocycles. The van der Waals surface area contributed by atoms with Crippen LogP contribution < -0.4 is 20.9 Å². The molecule has 1 heterocycles. The van der Waals surface area contributed by atoms with E-state index in [-0.39, 0.29) is 12.5 Å². The number of hydrogen-bond donors (Lipinski definition) is 3. The van der Waals surface area contributed by atoms with E-state index in [1.54, 1.807) is 29.6 Å². The second kappa shape index (κ2) is 10.8. The summed E-state index contributed by atoms with van der Waals surface area (Å²) in [7, 11) is 3.81. The summed E-state index contributed by atoms with van der Waals surface area (Å²) in [5.74, 6) is -2.17. The SMILES string of the molecule is CN(C)c1ccc(NC(=O)COC(=O)CNC(=O)CNC(=O)c2cccs2)cc1. The van der Waals surface area contributed by atoms with Crippen molar-refractivity contribution in [3.8, 4) is 0 Å². The van der Waals surface area contributed by atoms with Crippen LogP contribution in [0.3, 0.4) is 0 Å². The number of rotatable bonds is 9. The average Bonchev–Trinajstić information content (AvgIpc) is 3.24. The van der Waals surface area contributed by atoms with Crippen LogP contribution in [0.4, 0.5) is 11.4 Å². The second-order valence-electron chi connectivity index (χ2n) is 6.09. The summed E-state index contributed by atoms with van der Waals surface area (Å²) in [5.41, 5.74) is 1.56. The van der Waals surface area contributed by atoms with E-state index in [0.717, 1.165) is 5.69 Å². The number of benzene rings is 1. The highest BCUT2D eigenvalue weighted by Crippen LogP contribution is 2.15. The van der Waals surface area contributed by atoms with Crippen LogP contribution in [0.25, 0.3) is 0 Å². The molecular formula is C19H22N4O5S. The normalized spacial score (nSPS) is 10.0. The van der Waals surface area contributed by atoms with Gasteiger partial charge in [0.05, 0.1) is 11.4 Å². The zero-order valence-electron chi connectivity index (χ0n) is 16.1. The quantitative estimate of drug-likeness (QED) is 0.520. The van der Waals surface area contributed by atoms with Crippen LogP contribution in [0, 0.1) is 0 Å². The average molecular weight is 418 g/mol. The molecule has 1 aromatic heterocycles. The van der Waals surface area contributed by atoms with Crippen LogP contribution in [0.5, 0.6) is 0 Å². The van der Waals surface area contributed by atoms with E-state index >= 15 is 0 Å². The third-order valence-electron chi connectivity index (χ3n) is 3.62. The number of thiophene rings is 1. The molecule has 2 rings (SSSR count). The third kappa shape index (κ3) is 7.62. The van der Waals surface area contributed by atoms with Crippen LogP contribution in [0.1, 0.15) is 9.67 Å². The Morgan fingerprint density at radius 1 is 0.966 bits per heavy atom. The summed E-state index contributed by atoms with van der Waals surface area (Å²) in [6.45, 7) is -1.15. The molecule has 2 aromatic rings. The summed E-state index contributed by atoms with van der Waals surface area (Å²) in [4.78, 5) is 49.3. The van der Waals surface area contributed by atoms with E-state index in [1.165, 1.54) is 11.3 Å². The Morgan fingerprint density at radius 2 is 1.69 bits per heavy atom. The first kappa shape index (κ1) is 21.9. The lowest BCUT2D eigenvalue weighted by atomic mass is 10.2. The number of nitrogens with one attached hydrogen (secondary N) is 3. The fraction of sp³-hybridized carbons (Fsp3) is 0.263. The lowest BCUT2D eigenvalue weighted by Crippen LogP contribution is -2.39. The Labute approximate surface area is 172 Å². The van der Waals surface area contributed by atoms with Gasteiger partial charge in [-0.25, -0.2) is 0 Å². The molecule has 0 fully saturated rings. The van der Waals surface area contributed by atoms with Crippen molar-refractivity contribution in [2.24, 2.45) is 0 Å². The van der Waals surface area contributed by atoms with Crippen LogP contribution in [0.15, 0.2) is 41.8 Å². The summed E-state index contributed by atoms with van der Waals surface area (Å²) >= 11 is 1.25. The van der Waals surface area contributed by atoms with Crippen molar-refractivity contribution in [1.82, 2.24) is 10.6 Å². The molecule has 9 nitrogen and oxygen atoms in total. The zero-order valence-corrected chi connectivity index (χ0v) is 16.9. The highest BCUT2D eigenvalue weighted by Gasteiger charge is 2.12. The van der Waals surface area contributed by atoms with Crippen molar-refractivity contribution in [1.29, 1.82) is 0 Å². The smallest absolute Gasteiger partial charge is 0.325 e. The lowest BCUT2D eigenvalue weighted by molar-refractivity contribution is -0.147. The molecule has 3 N–H and O–H groups in total. The molecule has 1 aromatic carbocycles. The molecule has 29 heavy (non-hydrogen) atoms. The summed E-state index contributed by atoms with van der Waals surface area (Å²) in [6, 6.07) is 10.5. The minimum absolute atomic E-state index is 0.270. The number of carbonyl (C=O) groups excluding carboxylic acids is 4. The number of hydrogen-bond acceptors (Lipinski definition) is 7. The van der Waals surface area contributed by atoms with Gasteiger partial charge < -0.3 is 25.6 Å². The van der Waals surface area contributed by atoms with Crippen molar-refractivity contribution in [2.75, 3.05) is 44.0 Å². The van der Waals surface area contributed by atoms with E-state index in [0.29, 0.717) is 10.6 Å². The van der Waals surface area contributed by atoms with Gasteiger partial charge in [-0.05, 0) is 35.7 Å². The molecule has 0 aliphatic rings. The molecule has 0 saturated carbocycles. The van der Waals surface area contributed by atoms with E-state index in [4.69, 9.17) is 4.74 Å². The van der Waals surface area contributed by atoms with Gasteiger partial charge in [-0.1, -0.05) is 6.07 Å². The maximum absolute atomic E-state index is 11.8. The van der Waals surface area contributed by atoms with Crippen molar-refractivity contribution < 1.29 is 23.9 Å². The molecular weight excluding hydrogens is 396 g/mol. The highest BCUT2D eigenvalue weighted by atomic mass is 32.1. The minimum atomic E-state index is -0.763. The summed E-state index contributed by atoms with van der Waals surface area (Å²) in [5, 5.41) is 9.11. The van der Waals surface area contributed by atoms with Gasteiger partial charge >= 0.3 is 5.97 Å². The van der Waals surface area contributed by atoms with Crippen molar-refractivity contribution in [2.45, 2.75) is 0 Å². The zero-order chi connectivity index (χ0) is 21.2. The van der Waals surface area contributed by atoms with E-state index in [1.807, 2.05) is 31.1 Å². The van der Waals surface area contributed by atoms with Gasteiger partial charge in [0.1, 0.15) is 6.54 Å². The molecule has 0 spiro atoms. The Kier molecular flexibility index (Phi) is 8.16. The molecule has 0 radical (unpaired) electrons. The molecule has 0 aliphatic carbocycles. The number of carbonyl (C=O) groups is 4. The van der Waals surface area contributed by atoms with E-state index < -0.39 is 30.9 Å². The Balaban J connectivity index is 1.62. The second-order valence-corrected chi connectivity index (χ2v) is 7.03. The fourth-order valence-electron chi connectivity index (χ4n) is 2.13. The van der Waals surface area contributed by atoms with Gasteiger partial charge in [0.25, 0.3) is 11.8 Å². The monoisotopic (exact) mass is 418 g/mol. The van der Waals surface area contributed by atoms with Gasteiger partial charge in [-0.15, -0.1) is 11.3 Å². The first-order valence-corrected chi connectivity index (χ1v) is 9.54. The number of anilines is 2. The summed E-state index contributed by atoms with van der Waals surface area (Å²) in [6.07, 6.45) is 0. The number of esters is 1. The van der Waals surface area contributed by atoms with E-state index in [2.05, 4.69) is 16.0 Å². The van der Waals surface area contributed by atoms with E-state index in [9.17, 15) is 19.2 Å². The van der Waals surface area contributed by atoms with Gasteiger partial charge in [0.2, 0.25) is 5.91 Å². The molecule has 0 unspecified atom stereocenters. The van der Waals surface area contributed by atoms with Crippen LogP contribution in [-0.2, 0) is 19.1 Å². The van der Waals surface area contributed by atoms with Crippen LogP contribution in [-0.4, -0.2) is 57.5 Å². The Bertz CT molecular complexity index is 850. The van der Waals surface area contributed by atoms with Gasteiger partial charge in [-0.2, -0.15) is 0 Å². The Morgan fingerprint density at radius 3 is 2.31 bits per heavy atom. The third-order valence-corrected chi connectivity index (χ3v) is 4.48. The number of ether oxygens (including phenoxy) is 1. The van der Waals surface area contributed by atoms with Crippen LogP contribution in [0.2, 0.25) is 0 Å². The van der Waals surface area contributed by atoms with Crippen LogP contribution >= 0.6 is 11.3 Å². The minimum Gasteiger partial charge on any atom is -0.454 e. The maximum atomic E-state index is 11.8. The predicted octanol–water partition coefficient (Wildman–Crippen LogP) is 0.842. The van der Waals surface area contributed by atoms with Gasteiger partial charge in [0, 0.05) is 25.5 Å². The van der Waals surface area contributed by atoms with Gasteiger partial charge in [0.15, 0.2) is 6.61 Å². The van der Waals surface area contributed by atoms with Crippen molar-refractivity contribution >= 4 is 46.4 Å².